The highest BCUT2D eigenvalue weighted by molar-refractivity contribution is 5.93. The number of alkyl halides is 3. The van der Waals surface area contributed by atoms with E-state index in [4.69, 9.17) is 4.74 Å². The Kier molecular flexibility index (Phi) is 3.91. The lowest BCUT2D eigenvalue weighted by atomic mass is 9.97. The number of hydrogen-bond acceptors (Lipinski definition) is 5. The molecule has 8 heteroatoms. The van der Waals surface area contributed by atoms with Crippen LogP contribution in [0.5, 0.6) is 0 Å². The third kappa shape index (κ3) is 3.09. The maximum absolute atomic E-state index is 13.2. The first kappa shape index (κ1) is 16.0. The third-order valence-corrected chi connectivity index (χ3v) is 4.32. The molecule has 5 nitrogen and oxygen atoms in total. The Labute approximate surface area is 142 Å². The zero-order valence-electron chi connectivity index (χ0n) is 13.3. The largest absolute Gasteiger partial charge is 0.416 e. The fourth-order valence-electron chi connectivity index (χ4n) is 3.02. The Balaban J connectivity index is 1.71. The van der Waals surface area contributed by atoms with Gasteiger partial charge in [-0.25, -0.2) is 4.98 Å². The lowest BCUT2D eigenvalue weighted by molar-refractivity contribution is -0.137. The topological polar surface area (TPSA) is 50.6 Å². The average Bonchev–Trinajstić information content (AvgIpc) is 3.10. The van der Waals surface area contributed by atoms with Gasteiger partial charge in [-0.15, -0.1) is 0 Å². The molecule has 1 fully saturated rings. The number of benzene rings is 1. The van der Waals surface area contributed by atoms with Crippen LogP contribution in [0.3, 0.4) is 0 Å². The summed E-state index contributed by atoms with van der Waals surface area (Å²) in [7, 11) is 0. The van der Waals surface area contributed by atoms with E-state index in [1.807, 2.05) is 4.90 Å². The molecule has 0 spiro atoms. The van der Waals surface area contributed by atoms with Crippen LogP contribution in [0, 0.1) is 0 Å². The van der Waals surface area contributed by atoms with E-state index in [1.54, 1.807) is 12.4 Å². The summed E-state index contributed by atoms with van der Waals surface area (Å²) in [6.45, 7) is 2.95. The number of hydrogen-bond donors (Lipinski definition) is 0. The molecule has 2 aromatic rings. The minimum absolute atomic E-state index is 0.255. The van der Waals surface area contributed by atoms with Crippen LogP contribution in [0.15, 0.2) is 29.5 Å². The molecule has 2 aliphatic heterocycles. The summed E-state index contributed by atoms with van der Waals surface area (Å²) in [5.74, 6) is 0.698. The summed E-state index contributed by atoms with van der Waals surface area (Å²) in [5.41, 5.74) is 1.37. The number of morpholine rings is 1. The summed E-state index contributed by atoms with van der Waals surface area (Å²) >= 11 is 0. The molecule has 0 bridgehead atoms. The maximum atomic E-state index is 13.2. The van der Waals surface area contributed by atoms with Gasteiger partial charge in [0.15, 0.2) is 0 Å². The van der Waals surface area contributed by atoms with E-state index < -0.39 is 11.7 Å². The molecule has 2 aliphatic rings. The zero-order chi connectivity index (χ0) is 17.4. The number of ether oxygens (including phenoxy) is 1. The van der Waals surface area contributed by atoms with Gasteiger partial charge in [0.2, 0.25) is 0 Å². The number of fused-ring (bicyclic) bond motifs is 1. The first-order valence-electron chi connectivity index (χ1n) is 7.91. The molecular formula is C17H15F3N4O. The van der Waals surface area contributed by atoms with Crippen molar-refractivity contribution in [2.24, 2.45) is 4.99 Å². The highest BCUT2D eigenvalue weighted by Gasteiger charge is 2.33. The van der Waals surface area contributed by atoms with Crippen LogP contribution < -0.4 is 4.90 Å². The van der Waals surface area contributed by atoms with Crippen molar-refractivity contribution in [2.75, 3.05) is 31.2 Å². The van der Waals surface area contributed by atoms with Gasteiger partial charge in [0, 0.05) is 30.4 Å². The monoisotopic (exact) mass is 348 g/mol. The maximum Gasteiger partial charge on any atom is 0.416 e. The van der Waals surface area contributed by atoms with Gasteiger partial charge in [-0.2, -0.15) is 13.2 Å². The van der Waals surface area contributed by atoms with Gasteiger partial charge in [0.05, 0.1) is 43.4 Å². The molecule has 0 saturated carbocycles. The van der Waals surface area contributed by atoms with Crippen molar-refractivity contribution in [3.8, 4) is 11.3 Å². The number of aromatic nitrogens is 2. The zero-order valence-corrected chi connectivity index (χ0v) is 13.3. The molecule has 25 heavy (non-hydrogen) atoms. The molecule has 4 rings (SSSR count). The Hall–Kier alpha value is -2.48. The summed E-state index contributed by atoms with van der Waals surface area (Å²) < 4.78 is 44.8. The first-order chi connectivity index (χ1) is 12.0. The van der Waals surface area contributed by atoms with Crippen LogP contribution in [0.25, 0.3) is 11.3 Å². The van der Waals surface area contributed by atoms with Crippen molar-refractivity contribution in [1.29, 1.82) is 0 Å². The van der Waals surface area contributed by atoms with E-state index in [0.717, 1.165) is 25.2 Å². The smallest absolute Gasteiger partial charge is 0.378 e. The summed E-state index contributed by atoms with van der Waals surface area (Å²) in [4.78, 5) is 14.9. The lowest BCUT2D eigenvalue weighted by Gasteiger charge is -2.27. The quantitative estimate of drug-likeness (QED) is 0.837. The fraction of sp³-hybridized carbons (Fsp3) is 0.353. The normalized spacial score (nSPS) is 17.0. The van der Waals surface area contributed by atoms with Gasteiger partial charge < -0.3 is 9.64 Å². The van der Waals surface area contributed by atoms with Gasteiger partial charge in [0.25, 0.3) is 0 Å². The van der Waals surface area contributed by atoms with Crippen molar-refractivity contribution in [3.05, 3.63) is 41.2 Å². The Morgan fingerprint density at radius 1 is 1.04 bits per heavy atom. The molecule has 0 N–H and O–H groups in total. The van der Waals surface area contributed by atoms with Crippen LogP contribution in [-0.2, 0) is 17.5 Å². The summed E-state index contributed by atoms with van der Waals surface area (Å²) in [6.07, 6.45) is 0.308. The van der Waals surface area contributed by atoms with Crippen LogP contribution in [-0.4, -0.2) is 42.5 Å². The lowest BCUT2D eigenvalue weighted by Crippen LogP contribution is -2.36. The highest BCUT2D eigenvalue weighted by atomic mass is 19.4. The Bertz CT molecular complexity index is 812. The molecule has 1 aromatic heterocycles. The number of anilines is 1. The Morgan fingerprint density at radius 2 is 1.84 bits per heavy atom. The van der Waals surface area contributed by atoms with Crippen molar-refractivity contribution in [2.45, 2.75) is 12.7 Å². The standard InChI is InChI=1S/C17H15F3N4O/c18-17(19,20)12-5-11-7-21-8-14(11)13(6-12)15-9-23-16(10-22-15)24-1-3-25-4-2-24/h5-6,8-10H,1-4,7H2. The second-order valence-corrected chi connectivity index (χ2v) is 5.92. The number of nitrogens with zero attached hydrogens (tertiary/aromatic N) is 4. The van der Waals surface area contributed by atoms with Crippen molar-refractivity contribution >= 4 is 12.0 Å². The number of halogens is 3. The number of rotatable bonds is 2. The molecule has 0 aliphatic carbocycles. The second kappa shape index (κ2) is 6.11. The van der Waals surface area contributed by atoms with Crippen LogP contribution in [0.2, 0.25) is 0 Å². The average molecular weight is 348 g/mol. The molecule has 0 unspecified atom stereocenters. The predicted molar refractivity (Wildman–Crippen MR) is 86.8 cm³/mol. The van der Waals surface area contributed by atoms with Crippen LogP contribution in [0.4, 0.5) is 19.0 Å². The molecule has 1 aromatic carbocycles. The van der Waals surface area contributed by atoms with Gasteiger partial charge in [-0.3, -0.25) is 9.98 Å². The van der Waals surface area contributed by atoms with Gasteiger partial charge in [-0.1, -0.05) is 0 Å². The van der Waals surface area contributed by atoms with Crippen LogP contribution >= 0.6 is 0 Å². The van der Waals surface area contributed by atoms with Crippen molar-refractivity contribution in [3.63, 3.8) is 0 Å². The fourth-order valence-corrected chi connectivity index (χ4v) is 3.02. The molecule has 1 saturated heterocycles. The van der Waals surface area contributed by atoms with E-state index in [1.165, 1.54) is 6.20 Å². The van der Waals surface area contributed by atoms with E-state index in [9.17, 15) is 13.2 Å². The molecule has 3 heterocycles. The van der Waals surface area contributed by atoms with Crippen molar-refractivity contribution < 1.29 is 17.9 Å². The minimum atomic E-state index is -4.41. The first-order valence-corrected chi connectivity index (χ1v) is 7.91. The molecule has 130 valence electrons. The SMILES string of the molecule is FC(F)(F)c1cc2c(c(-c3cnc(N4CCOCC4)cn3)c1)C=NC2. The molecule has 0 atom stereocenters. The minimum Gasteiger partial charge on any atom is -0.378 e. The molecular weight excluding hydrogens is 333 g/mol. The number of aliphatic imine (C=N–C) groups is 1. The second-order valence-electron chi connectivity index (χ2n) is 5.92. The van der Waals surface area contributed by atoms with Gasteiger partial charge in [-0.05, 0) is 17.7 Å². The summed E-state index contributed by atoms with van der Waals surface area (Å²) in [6, 6.07) is 2.27. The van der Waals surface area contributed by atoms with E-state index in [2.05, 4.69) is 15.0 Å². The highest BCUT2D eigenvalue weighted by Crippen LogP contribution is 2.36. The Morgan fingerprint density at radius 3 is 2.52 bits per heavy atom. The van der Waals surface area contributed by atoms with E-state index >= 15 is 0 Å². The van der Waals surface area contributed by atoms with E-state index in [0.29, 0.717) is 41.4 Å². The van der Waals surface area contributed by atoms with Gasteiger partial charge >= 0.3 is 6.18 Å². The summed E-state index contributed by atoms with van der Waals surface area (Å²) in [5, 5.41) is 0. The van der Waals surface area contributed by atoms with E-state index in [-0.39, 0.29) is 6.54 Å². The molecule has 0 radical (unpaired) electrons. The van der Waals surface area contributed by atoms with Crippen molar-refractivity contribution in [1.82, 2.24) is 9.97 Å². The molecule has 0 amide bonds. The van der Waals surface area contributed by atoms with Crippen LogP contribution in [0.1, 0.15) is 16.7 Å². The van der Waals surface area contributed by atoms with Gasteiger partial charge in [0.1, 0.15) is 5.82 Å². The third-order valence-electron chi connectivity index (χ3n) is 4.32. The predicted octanol–water partition coefficient (Wildman–Crippen LogP) is 2.93.